The molecule has 2 N–H and O–H groups in total. The minimum Gasteiger partial charge on any atom is -0.353 e. The highest BCUT2D eigenvalue weighted by atomic mass is 32.2. The van der Waals surface area contributed by atoms with Gasteiger partial charge in [0.25, 0.3) is 0 Å². The maximum atomic E-state index is 5.20. The van der Waals surface area contributed by atoms with E-state index >= 15 is 0 Å². The molecule has 7 rings (SSSR count). The van der Waals surface area contributed by atoms with Gasteiger partial charge in [-0.15, -0.1) is 0 Å². The first-order valence-corrected chi connectivity index (χ1v) is 12.9. The van der Waals surface area contributed by atoms with Crippen molar-refractivity contribution < 1.29 is 0 Å². The van der Waals surface area contributed by atoms with Crippen LogP contribution in [0.5, 0.6) is 0 Å². The zero-order chi connectivity index (χ0) is 23.9. The van der Waals surface area contributed by atoms with Crippen LogP contribution in [0.3, 0.4) is 0 Å². The van der Waals surface area contributed by atoms with Crippen molar-refractivity contribution >= 4 is 45.1 Å². The molecule has 5 heterocycles. The van der Waals surface area contributed by atoms with Crippen molar-refractivity contribution in [3.8, 4) is 11.4 Å². The van der Waals surface area contributed by atoms with Gasteiger partial charge in [-0.05, 0) is 29.8 Å². The van der Waals surface area contributed by atoms with E-state index in [1.54, 1.807) is 11.8 Å². The van der Waals surface area contributed by atoms with Crippen LogP contribution < -0.4 is 10.2 Å². The summed E-state index contributed by atoms with van der Waals surface area (Å²) in [6, 6.07) is 14.5. The maximum Gasteiger partial charge on any atom is 0.163 e. The SMILES string of the molecule is C1=CC(c2cncc3nc(-c4ccnc5[nH]c(Sc6ccccc6)cc45)nc(N4CCNCC4)c23)=C1. The van der Waals surface area contributed by atoms with E-state index in [4.69, 9.17) is 9.97 Å². The average molecular weight is 490 g/mol. The van der Waals surface area contributed by atoms with Crippen LogP contribution in [0.1, 0.15) is 5.56 Å². The van der Waals surface area contributed by atoms with Crippen LogP contribution in [0.15, 0.2) is 89.2 Å². The number of rotatable bonds is 5. The lowest BCUT2D eigenvalue weighted by atomic mass is 9.97. The number of aromatic amines is 1. The number of benzene rings is 1. The number of nitrogens with zero attached hydrogens (tertiary/aromatic N) is 5. The Balaban J connectivity index is 1.39. The normalized spacial score (nSPS) is 15.3. The van der Waals surface area contributed by atoms with E-state index in [2.05, 4.69) is 61.6 Å². The van der Waals surface area contributed by atoms with E-state index < -0.39 is 0 Å². The number of H-pyrrole nitrogens is 1. The Morgan fingerprint density at radius 3 is 2.61 bits per heavy atom. The molecule has 5 aromatic rings. The highest BCUT2D eigenvalue weighted by molar-refractivity contribution is 7.99. The molecule has 8 heteroatoms. The quantitative estimate of drug-likeness (QED) is 0.356. The third-order valence-corrected chi connectivity index (χ3v) is 7.53. The number of aromatic nitrogens is 5. The van der Waals surface area contributed by atoms with Crippen LogP contribution in [-0.4, -0.2) is 51.1 Å². The van der Waals surface area contributed by atoms with E-state index in [1.165, 1.54) is 10.5 Å². The summed E-state index contributed by atoms with van der Waals surface area (Å²) in [7, 11) is 0. The van der Waals surface area contributed by atoms with E-state index in [9.17, 15) is 0 Å². The number of pyridine rings is 2. The third kappa shape index (κ3) is 3.75. The van der Waals surface area contributed by atoms with Crippen molar-refractivity contribution in [1.29, 1.82) is 0 Å². The highest BCUT2D eigenvalue weighted by Gasteiger charge is 2.22. The number of nitrogens with one attached hydrogen (secondary N) is 2. The molecule has 0 bridgehead atoms. The summed E-state index contributed by atoms with van der Waals surface area (Å²) in [6.45, 7) is 3.66. The van der Waals surface area contributed by atoms with Gasteiger partial charge in [0.2, 0.25) is 0 Å². The Morgan fingerprint density at radius 1 is 0.944 bits per heavy atom. The van der Waals surface area contributed by atoms with Crippen molar-refractivity contribution in [2.75, 3.05) is 31.1 Å². The fourth-order valence-electron chi connectivity index (χ4n) is 4.75. The van der Waals surface area contributed by atoms with Gasteiger partial charge in [-0.25, -0.2) is 15.0 Å². The van der Waals surface area contributed by atoms with Gasteiger partial charge < -0.3 is 15.2 Å². The first-order valence-electron chi connectivity index (χ1n) is 12.0. The number of allylic oxidation sites excluding steroid dienone is 4. The van der Waals surface area contributed by atoms with Crippen LogP contribution in [0.4, 0.5) is 5.82 Å². The number of piperazine rings is 1. The van der Waals surface area contributed by atoms with Crippen molar-refractivity contribution in [3.05, 3.63) is 84.8 Å². The topological polar surface area (TPSA) is 82.6 Å². The van der Waals surface area contributed by atoms with Gasteiger partial charge in [-0.1, -0.05) is 48.2 Å². The van der Waals surface area contributed by atoms with E-state index in [0.29, 0.717) is 5.82 Å². The zero-order valence-corrected chi connectivity index (χ0v) is 20.3. The Kier molecular flexibility index (Phi) is 5.26. The molecule has 4 aromatic heterocycles. The zero-order valence-electron chi connectivity index (χ0n) is 19.5. The monoisotopic (exact) mass is 489 g/mol. The predicted octanol–water partition coefficient (Wildman–Crippen LogP) is 5.08. The maximum absolute atomic E-state index is 5.20. The summed E-state index contributed by atoms with van der Waals surface area (Å²) in [5, 5.41) is 6.56. The molecule has 0 spiro atoms. The van der Waals surface area contributed by atoms with Gasteiger partial charge >= 0.3 is 0 Å². The molecule has 0 radical (unpaired) electrons. The Labute approximate surface area is 212 Å². The molecular weight excluding hydrogens is 466 g/mol. The van der Waals surface area contributed by atoms with E-state index in [0.717, 1.165) is 70.1 Å². The molecule has 7 nitrogen and oxygen atoms in total. The molecule has 1 saturated heterocycles. The lowest BCUT2D eigenvalue weighted by Gasteiger charge is -2.30. The van der Waals surface area contributed by atoms with Crippen molar-refractivity contribution in [1.82, 2.24) is 30.2 Å². The largest absolute Gasteiger partial charge is 0.353 e. The van der Waals surface area contributed by atoms with Gasteiger partial charge in [-0.2, -0.15) is 0 Å². The Bertz CT molecular complexity index is 1650. The summed E-state index contributed by atoms with van der Waals surface area (Å²) in [5.41, 5.74) is 4.89. The lowest BCUT2D eigenvalue weighted by Crippen LogP contribution is -2.44. The molecule has 1 aliphatic heterocycles. The van der Waals surface area contributed by atoms with Gasteiger partial charge in [0.1, 0.15) is 11.5 Å². The molecular formula is C28H23N7S. The van der Waals surface area contributed by atoms with Crippen molar-refractivity contribution in [2.24, 2.45) is 0 Å². The Morgan fingerprint density at radius 2 is 1.81 bits per heavy atom. The smallest absolute Gasteiger partial charge is 0.163 e. The first-order chi connectivity index (χ1) is 17.8. The fourth-order valence-corrected chi connectivity index (χ4v) is 5.62. The Hall–Kier alpha value is -4.01. The third-order valence-electron chi connectivity index (χ3n) is 6.59. The minimum atomic E-state index is 0.691. The molecule has 1 aromatic carbocycles. The van der Waals surface area contributed by atoms with E-state index in [1.807, 2.05) is 42.9 Å². The minimum absolute atomic E-state index is 0.691. The van der Waals surface area contributed by atoms with Gasteiger partial charge in [0.15, 0.2) is 5.82 Å². The summed E-state index contributed by atoms with van der Waals surface area (Å²) in [4.78, 5) is 26.3. The van der Waals surface area contributed by atoms with Crippen LogP contribution in [0.2, 0.25) is 0 Å². The van der Waals surface area contributed by atoms with Crippen LogP contribution in [0.25, 0.3) is 38.9 Å². The van der Waals surface area contributed by atoms with E-state index in [-0.39, 0.29) is 0 Å². The number of fused-ring (bicyclic) bond motifs is 2. The first kappa shape index (κ1) is 21.3. The molecule has 176 valence electrons. The van der Waals surface area contributed by atoms with Crippen LogP contribution in [0, 0.1) is 0 Å². The average Bonchev–Trinajstić information content (AvgIpc) is 3.31. The van der Waals surface area contributed by atoms with Crippen molar-refractivity contribution in [3.63, 3.8) is 0 Å². The number of hydrogen-bond donors (Lipinski definition) is 2. The second kappa shape index (κ2) is 8.89. The second-order valence-corrected chi connectivity index (χ2v) is 9.96. The summed E-state index contributed by atoms with van der Waals surface area (Å²) >= 11 is 1.69. The van der Waals surface area contributed by atoms with Crippen LogP contribution >= 0.6 is 11.8 Å². The highest BCUT2D eigenvalue weighted by Crippen LogP contribution is 2.37. The summed E-state index contributed by atoms with van der Waals surface area (Å²) in [6.07, 6.45) is 11.9. The molecule has 1 aliphatic carbocycles. The second-order valence-electron chi connectivity index (χ2n) is 8.84. The van der Waals surface area contributed by atoms with Gasteiger partial charge in [-0.3, -0.25) is 4.98 Å². The molecule has 0 amide bonds. The van der Waals surface area contributed by atoms with Gasteiger partial charge in [0, 0.05) is 60.0 Å². The lowest BCUT2D eigenvalue weighted by molar-refractivity contribution is 0.586. The number of anilines is 1. The molecule has 0 unspecified atom stereocenters. The summed E-state index contributed by atoms with van der Waals surface area (Å²) < 4.78 is 0. The molecule has 2 aliphatic rings. The standard InChI is InChI=1S/C28H23N7S/c1-2-7-19(8-3-1)36-24-15-21-20(9-10-31-26(21)33-24)27-32-23-17-30-16-22(18-5-4-6-18)25(23)28(34-27)35-13-11-29-12-14-35/h1-10,15-17,29H,11-14H2,(H,31,33). The number of hydrogen-bond acceptors (Lipinski definition) is 7. The molecule has 36 heavy (non-hydrogen) atoms. The molecule has 0 atom stereocenters. The summed E-state index contributed by atoms with van der Waals surface area (Å²) in [5.74, 6) is 1.66. The predicted molar refractivity (Wildman–Crippen MR) is 145 cm³/mol. The fraction of sp³-hybridized carbons (Fsp3) is 0.143. The van der Waals surface area contributed by atoms with Gasteiger partial charge in [0.05, 0.1) is 22.1 Å². The molecule has 0 saturated carbocycles. The molecule has 1 fully saturated rings. The van der Waals surface area contributed by atoms with Crippen molar-refractivity contribution in [2.45, 2.75) is 9.92 Å². The van der Waals surface area contributed by atoms with Crippen LogP contribution in [-0.2, 0) is 0 Å².